The predicted octanol–water partition coefficient (Wildman–Crippen LogP) is 4.55. The van der Waals surface area contributed by atoms with Crippen LogP contribution in [-0.2, 0) is 13.1 Å². The van der Waals surface area contributed by atoms with E-state index in [1.54, 1.807) is 42.2 Å². The molecule has 0 saturated carbocycles. The van der Waals surface area contributed by atoms with E-state index in [9.17, 15) is 4.79 Å². The van der Waals surface area contributed by atoms with Crippen molar-refractivity contribution in [2.24, 2.45) is 0 Å². The van der Waals surface area contributed by atoms with Gasteiger partial charge < -0.3 is 15.0 Å². The molecule has 1 amide bonds. The number of fused-ring (bicyclic) bond motifs is 2. The summed E-state index contributed by atoms with van der Waals surface area (Å²) in [5.74, 6) is 1.09. The number of hydrogen-bond donors (Lipinski definition) is 2. The normalized spacial score (nSPS) is 12.7. The van der Waals surface area contributed by atoms with Crippen molar-refractivity contribution < 1.29 is 9.53 Å². The second kappa shape index (κ2) is 8.44. The van der Waals surface area contributed by atoms with Gasteiger partial charge in [0.15, 0.2) is 11.3 Å². The van der Waals surface area contributed by atoms with Gasteiger partial charge >= 0.3 is 0 Å². The number of aromatic amines is 1. The Hall–Kier alpha value is -4.37. The van der Waals surface area contributed by atoms with Crippen LogP contribution < -0.4 is 15.0 Å². The monoisotopic (exact) mass is 485 g/mol. The Kier molecular flexibility index (Phi) is 5.11. The SMILES string of the molecule is COc1cccc(NC(=O)c2cc3nc(N4Cc5ccc(Cl)cc5C4)cc(-c4cn[nH]c4)n3n2)c1. The Balaban J connectivity index is 1.38. The van der Waals surface area contributed by atoms with Crippen LogP contribution in [0.1, 0.15) is 21.6 Å². The lowest BCUT2D eigenvalue weighted by Gasteiger charge is -2.17. The molecule has 5 aromatic rings. The first-order valence-electron chi connectivity index (χ1n) is 10.9. The molecule has 6 rings (SSSR count). The molecule has 4 heterocycles. The van der Waals surface area contributed by atoms with E-state index < -0.39 is 0 Å². The maximum atomic E-state index is 13.0. The average Bonchev–Trinajstić information content (AvgIpc) is 3.62. The summed E-state index contributed by atoms with van der Waals surface area (Å²) in [6, 6.07) is 16.8. The molecule has 3 aromatic heterocycles. The number of anilines is 2. The van der Waals surface area contributed by atoms with Gasteiger partial charge in [-0.15, -0.1) is 0 Å². The molecular weight excluding hydrogens is 466 g/mol. The molecule has 10 heteroatoms. The zero-order valence-corrected chi connectivity index (χ0v) is 19.5. The smallest absolute Gasteiger partial charge is 0.276 e. The molecule has 9 nitrogen and oxygen atoms in total. The zero-order valence-electron chi connectivity index (χ0n) is 18.7. The highest BCUT2D eigenvalue weighted by molar-refractivity contribution is 6.30. The second-order valence-electron chi connectivity index (χ2n) is 8.24. The first-order chi connectivity index (χ1) is 17.1. The molecule has 0 aliphatic carbocycles. The van der Waals surface area contributed by atoms with Crippen LogP contribution in [0.25, 0.3) is 16.9 Å². The van der Waals surface area contributed by atoms with E-state index in [2.05, 4.69) is 25.5 Å². The summed E-state index contributed by atoms with van der Waals surface area (Å²) in [6.07, 6.45) is 3.50. The van der Waals surface area contributed by atoms with Crippen LogP contribution in [0, 0.1) is 0 Å². The van der Waals surface area contributed by atoms with Crippen molar-refractivity contribution in [3.05, 3.63) is 88.8 Å². The fourth-order valence-corrected chi connectivity index (χ4v) is 4.45. The third kappa shape index (κ3) is 3.95. The molecule has 0 radical (unpaired) electrons. The standard InChI is InChI=1S/C25H20ClN7O2/c1-35-20-4-2-3-19(8-20)29-25(34)21-9-24-30-23(10-22(33(24)31-21)17-11-27-28-12-17)32-13-15-5-6-18(26)7-16(15)14-32/h2-12H,13-14H2,1H3,(H,27,28)(H,29,34). The minimum Gasteiger partial charge on any atom is -0.497 e. The van der Waals surface area contributed by atoms with Crippen LogP contribution in [0.5, 0.6) is 5.75 Å². The first-order valence-corrected chi connectivity index (χ1v) is 11.3. The third-order valence-corrected chi connectivity index (χ3v) is 6.22. The molecule has 1 aliphatic rings. The fourth-order valence-electron chi connectivity index (χ4n) is 4.25. The molecular formula is C25H20ClN7O2. The van der Waals surface area contributed by atoms with Crippen LogP contribution in [-0.4, -0.2) is 37.8 Å². The van der Waals surface area contributed by atoms with E-state index in [-0.39, 0.29) is 11.6 Å². The van der Waals surface area contributed by atoms with Gasteiger partial charge in [-0.1, -0.05) is 23.7 Å². The summed E-state index contributed by atoms with van der Waals surface area (Å²) < 4.78 is 6.90. The summed E-state index contributed by atoms with van der Waals surface area (Å²) in [7, 11) is 1.58. The van der Waals surface area contributed by atoms with E-state index in [0.717, 1.165) is 28.6 Å². The number of hydrogen-bond acceptors (Lipinski definition) is 6. The highest BCUT2D eigenvalue weighted by atomic mass is 35.5. The van der Waals surface area contributed by atoms with Crippen LogP contribution in [0.2, 0.25) is 5.02 Å². The van der Waals surface area contributed by atoms with Gasteiger partial charge in [0.25, 0.3) is 5.91 Å². The van der Waals surface area contributed by atoms with Crippen LogP contribution in [0.4, 0.5) is 11.5 Å². The number of H-pyrrole nitrogens is 1. The van der Waals surface area contributed by atoms with E-state index in [0.29, 0.717) is 23.6 Å². The number of rotatable bonds is 5. The van der Waals surface area contributed by atoms with E-state index in [1.165, 1.54) is 11.1 Å². The maximum Gasteiger partial charge on any atom is 0.276 e. The second-order valence-corrected chi connectivity index (χ2v) is 8.68. The Labute approximate surface area is 205 Å². The number of methoxy groups -OCH3 is 1. The fraction of sp³-hybridized carbons (Fsp3) is 0.120. The lowest BCUT2D eigenvalue weighted by Crippen LogP contribution is -2.17. The number of aromatic nitrogens is 5. The number of nitrogens with zero attached hydrogens (tertiary/aromatic N) is 5. The number of halogens is 1. The summed E-state index contributed by atoms with van der Waals surface area (Å²) >= 11 is 6.19. The van der Waals surface area contributed by atoms with Gasteiger partial charge in [0.2, 0.25) is 0 Å². The Morgan fingerprint density at radius 2 is 2.00 bits per heavy atom. The molecule has 1 aliphatic heterocycles. The molecule has 0 unspecified atom stereocenters. The number of carbonyl (C=O) groups is 1. The Morgan fingerprint density at radius 1 is 1.11 bits per heavy atom. The van der Waals surface area contributed by atoms with E-state index >= 15 is 0 Å². The van der Waals surface area contributed by atoms with Gasteiger partial charge in [-0.25, -0.2) is 9.50 Å². The van der Waals surface area contributed by atoms with Crippen molar-refractivity contribution in [2.75, 3.05) is 17.3 Å². The summed E-state index contributed by atoms with van der Waals surface area (Å²) in [5.41, 5.74) is 5.42. The average molecular weight is 486 g/mol. The van der Waals surface area contributed by atoms with Crippen molar-refractivity contribution in [2.45, 2.75) is 13.1 Å². The number of nitrogens with one attached hydrogen (secondary N) is 2. The lowest BCUT2D eigenvalue weighted by molar-refractivity contribution is 0.102. The largest absolute Gasteiger partial charge is 0.497 e. The molecule has 2 aromatic carbocycles. The van der Waals surface area contributed by atoms with Gasteiger partial charge in [-0.05, 0) is 35.4 Å². The number of amides is 1. The highest BCUT2D eigenvalue weighted by Crippen LogP contribution is 2.32. The zero-order chi connectivity index (χ0) is 23.9. The molecule has 0 saturated heterocycles. The van der Waals surface area contributed by atoms with Crippen LogP contribution >= 0.6 is 11.6 Å². The van der Waals surface area contributed by atoms with Crippen molar-refractivity contribution in [3.8, 4) is 17.0 Å². The van der Waals surface area contributed by atoms with Crippen molar-refractivity contribution in [3.63, 3.8) is 0 Å². The van der Waals surface area contributed by atoms with Gasteiger partial charge in [-0.3, -0.25) is 9.89 Å². The molecule has 0 spiro atoms. The predicted molar refractivity (Wildman–Crippen MR) is 133 cm³/mol. The molecule has 174 valence electrons. The topological polar surface area (TPSA) is 100 Å². The molecule has 0 atom stereocenters. The third-order valence-electron chi connectivity index (χ3n) is 5.98. The van der Waals surface area contributed by atoms with Crippen LogP contribution in [0.15, 0.2) is 67.0 Å². The first kappa shape index (κ1) is 21.2. The van der Waals surface area contributed by atoms with Crippen LogP contribution in [0.3, 0.4) is 0 Å². The summed E-state index contributed by atoms with van der Waals surface area (Å²) in [6.45, 7) is 1.42. The highest BCUT2D eigenvalue weighted by Gasteiger charge is 2.23. The van der Waals surface area contributed by atoms with Gasteiger partial charge in [0.1, 0.15) is 11.6 Å². The van der Waals surface area contributed by atoms with Gasteiger partial charge in [0, 0.05) is 53.8 Å². The minimum atomic E-state index is -0.341. The Bertz CT molecular complexity index is 1560. The van der Waals surface area contributed by atoms with E-state index in [1.807, 2.05) is 36.4 Å². The van der Waals surface area contributed by atoms with Gasteiger partial charge in [0.05, 0.1) is 19.0 Å². The van der Waals surface area contributed by atoms with Crippen molar-refractivity contribution in [1.82, 2.24) is 24.8 Å². The quantitative estimate of drug-likeness (QED) is 0.378. The van der Waals surface area contributed by atoms with Crippen molar-refractivity contribution in [1.29, 1.82) is 0 Å². The molecule has 0 fully saturated rings. The number of ether oxygens (including phenoxy) is 1. The Morgan fingerprint density at radius 3 is 2.83 bits per heavy atom. The molecule has 0 bridgehead atoms. The lowest BCUT2D eigenvalue weighted by atomic mass is 10.1. The summed E-state index contributed by atoms with van der Waals surface area (Å²) in [4.78, 5) is 20.0. The number of benzene rings is 2. The molecule has 2 N–H and O–H groups in total. The van der Waals surface area contributed by atoms with Gasteiger partial charge in [-0.2, -0.15) is 10.2 Å². The number of carbonyl (C=O) groups excluding carboxylic acids is 1. The molecule has 35 heavy (non-hydrogen) atoms. The summed E-state index contributed by atoms with van der Waals surface area (Å²) in [5, 5.41) is 15.1. The van der Waals surface area contributed by atoms with Crippen molar-refractivity contribution >= 4 is 34.7 Å². The minimum absolute atomic E-state index is 0.249. The maximum absolute atomic E-state index is 13.0. The van der Waals surface area contributed by atoms with E-state index in [4.69, 9.17) is 21.3 Å².